The number of nitriles is 1. The molecule has 0 bridgehead atoms. The summed E-state index contributed by atoms with van der Waals surface area (Å²) in [6.45, 7) is 1.71. The number of hydrogen-bond donors (Lipinski definition) is 0. The van der Waals surface area contributed by atoms with Crippen LogP contribution in [0.15, 0.2) is 42.5 Å². The lowest BCUT2D eigenvalue weighted by molar-refractivity contribution is 0.0978. The zero-order valence-electron chi connectivity index (χ0n) is 10.7. The van der Waals surface area contributed by atoms with Crippen molar-refractivity contribution in [1.29, 1.82) is 5.26 Å². The van der Waals surface area contributed by atoms with E-state index in [0.717, 1.165) is 6.07 Å². The molecule has 0 spiro atoms. The minimum absolute atomic E-state index is 0.228. The van der Waals surface area contributed by atoms with Crippen molar-refractivity contribution >= 4 is 17.4 Å². The highest BCUT2D eigenvalue weighted by Gasteiger charge is 2.23. The number of carbonyl (C=O) groups is 1. The largest absolute Gasteiger partial charge is 0.292 e. The smallest absolute Gasteiger partial charge is 0.184 e. The molecule has 4 heteroatoms. The molecule has 0 heterocycles. The summed E-state index contributed by atoms with van der Waals surface area (Å²) >= 11 is 5.78. The van der Waals surface area contributed by atoms with Gasteiger partial charge in [0, 0.05) is 10.6 Å². The molecule has 0 aliphatic carbocycles. The maximum absolute atomic E-state index is 13.3. The molecule has 0 aromatic heterocycles. The predicted octanol–water partition coefficient (Wildman–Crippen LogP) is 4.28. The number of ketones is 1. The Labute approximate surface area is 121 Å². The van der Waals surface area contributed by atoms with Crippen molar-refractivity contribution in [1.82, 2.24) is 0 Å². The summed E-state index contributed by atoms with van der Waals surface area (Å²) in [5.74, 6) is -1.87. The van der Waals surface area contributed by atoms with Gasteiger partial charge in [-0.05, 0) is 42.3 Å². The topological polar surface area (TPSA) is 40.9 Å². The molecule has 0 aliphatic rings. The van der Waals surface area contributed by atoms with Crippen LogP contribution in [-0.4, -0.2) is 5.78 Å². The van der Waals surface area contributed by atoms with Crippen LogP contribution in [0.1, 0.15) is 27.4 Å². The fourth-order valence-electron chi connectivity index (χ4n) is 1.95. The molecule has 2 aromatic rings. The molecule has 0 saturated heterocycles. The Bertz CT molecular complexity index is 689. The van der Waals surface area contributed by atoms with E-state index in [2.05, 4.69) is 0 Å². The lowest BCUT2D eigenvalue weighted by Gasteiger charge is -2.11. The van der Waals surface area contributed by atoms with Crippen LogP contribution in [0.4, 0.5) is 4.39 Å². The molecule has 2 nitrogen and oxygen atoms in total. The fraction of sp³-hybridized carbons (Fsp3) is 0.125. The zero-order chi connectivity index (χ0) is 14.7. The summed E-state index contributed by atoms with van der Waals surface area (Å²) in [5.41, 5.74) is 1.42. The van der Waals surface area contributed by atoms with Gasteiger partial charge < -0.3 is 0 Å². The molecule has 2 rings (SSSR count). The van der Waals surface area contributed by atoms with Crippen molar-refractivity contribution in [2.24, 2.45) is 0 Å². The lowest BCUT2D eigenvalue weighted by atomic mass is 9.90. The van der Waals surface area contributed by atoms with Crippen LogP contribution >= 0.6 is 11.6 Å². The van der Waals surface area contributed by atoms with E-state index in [-0.39, 0.29) is 5.56 Å². The van der Waals surface area contributed by atoms with E-state index in [1.165, 1.54) is 12.1 Å². The molecule has 0 radical (unpaired) electrons. The summed E-state index contributed by atoms with van der Waals surface area (Å²) in [5, 5.41) is 9.77. The first kappa shape index (κ1) is 14.2. The summed E-state index contributed by atoms with van der Waals surface area (Å²) < 4.78 is 13.3. The second-order valence-corrected chi connectivity index (χ2v) is 4.87. The number of halogens is 2. The Morgan fingerprint density at radius 1 is 1.25 bits per heavy atom. The molecule has 1 unspecified atom stereocenters. The standard InChI is InChI=1S/C16H11ClFNO/c1-10-2-7-13(18)8-14(10)16(20)15(9-19)11-3-5-12(17)6-4-11/h2-8,15H,1H3. The molecule has 0 fully saturated rings. The van der Waals surface area contributed by atoms with Crippen LogP contribution in [0, 0.1) is 24.1 Å². The van der Waals surface area contributed by atoms with Crippen molar-refractivity contribution in [2.75, 3.05) is 0 Å². The van der Waals surface area contributed by atoms with Gasteiger partial charge >= 0.3 is 0 Å². The lowest BCUT2D eigenvalue weighted by Crippen LogP contribution is -2.13. The number of aryl methyl sites for hydroxylation is 1. The first-order chi connectivity index (χ1) is 9.52. The van der Waals surface area contributed by atoms with Crippen LogP contribution < -0.4 is 0 Å². The molecule has 0 aliphatic heterocycles. The quantitative estimate of drug-likeness (QED) is 0.791. The van der Waals surface area contributed by atoms with Gasteiger partial charge in [-0.2, -0.15) is 5.26 Å². The Kier molecular flexibility index (Phi) is 4.16. The van der Waals surface area contributed by atoms with E-state index in [1.807, 2.05) is 6.07 Å². The minimum Gasteiger partial charge on any atom is -0.292 e. The number of benzene rings is 2. The number of Topliss-reactive ketones (excluding diaryl/α,β-unsaturated/α-hetero) is 1. The van der Waals surface area contributed by atoms with Crippen molar-refractivity contribution in [3.8, 4) is 6.07 Å². The SMILES string of the molecule is Cc1ccc(F)cc1C(=O)C(C#N)c1ccc(Cl)cc1. The van der Waals surface area contributed by atoms with Gasteiger partial charge in [0.2, 0.25) is 0 Å². The summed E-state index contributed by atoms with van der Waals surface area (Å²) in [7, 11) is 0. The molecule has 0 saturated carbocycles. The highest BCUT2D eigenvalue weighted by molar-refractivity contribution is 6.30. The second-order valence-electron chi connectivity index (χ2n) is 4.44. The number of nitrogens with zero attached hydrogens (tertiary/aromatic N) is 1. The maximum atomic E-state index is 13.3. The van der Waals surface area contributed by atoms with Crippen molar-refractivity contribution in [2.45, 2.75) is 12.8 Å². The molecule has 0 N–H and O–H groups in total. The van der Waals surface area contributed by atoms with E-state index in [0.29, 0.717) is 16.1 Å². The van der Waals surface area contributed by atoms with E-state index in [4.69, 9.17) is 11.6 Å². The van der Waals surface area contributed by atoms with Gasteiger partial charge in [0.05, 0.1) is 6.07 Å². The third-order valence-electron chi connectivity index (χ3n) is 3.06. The maximum Gasteiger partial charge on any atom is 0.184 e. The van der Waals surface area contributed by atoms with Crippen molar-refractivity contribution in [3.63, 3.8) is 0 Å². The van der Waals surface area contributed by atoms with Crippen LogP contribution in [0.5, 0.6) is 0 Å². The molecule has 2 aromatic carbocycles. The van der Waals surface area contributed by atoms with Gasteiger partial charge in [0.1, 0.15) is 11.7 Å². The average Bonchev–Trinajstić information content (AvgIpc) is 2.44. The van der Waals surface area contributed by atoms with Gasteiger partial charge in [-0.15, -0.1) is 0 Å². The van der Waals surface area contributed by atoms with Crippen LogP contribution in [0.25, 0.3) is 0 Å². The highest BCUT2D eigenvalue weighted by atomic mass is 35.5. The first-order valence-electron chi connectivity index (χ1n) is 5.98. The molecule has 100 valence electrons. The first-order valence-corrected chi connectivity index (χ1v) is 6.36. The van der Waals surface area contributed by atoms with E-state index in [1.54, 1.807) is 31.2 Å². The monoisotopic (exact) mass is 287 g/mol. The highest BCUT2D eigenvalue weighted by Crippen LogP contribution is 2.24. The minimum atomic E-state index is -0.965. The fourth-order valence-corrected chi connectivity index (χ4v) is 2.08. The van der Waals surface area contributed by atoms with Gasteiger partial charge in [-0.25, -0.2) is 4.39 Å². The number of carbonyl (C=O) groups excluding carboxylic acids is 1. The summed E-state index contributed by atoms with van der Waals surface area (Å²) in [6, 6.07) is 12.4. The average molecular weight is 288 g/mol. The van der Waals surface area contributed by atoms with Crippen LogP contribution in [0.3, 0.4) is 0 Å². The Morgan fingerprint density at radius 2 is 1.90 bits per heavy atom. The normalized spacial score (nSPS) is 11.7. The molecule has 1 atom stereocenters. The van der Waals surface area contributed by atoms with E-state index < -0.39 is 17.5 Å². The Balaban J connectivity index is 2.42. The summed E-state index contributed by atoms with van der Waals surface area (Å²) in [6.07, 6.45) is 0. The number of hydrogen-bond acceptors (Lipinski definition) is 2. The Morgan fingerprint density at radius 3 is 2.50 bits per heavy atom. The zero-order valence-corrected chi connectivity index (χ0v) is 11.5. The van der Waals surface area contributed by atoms with E-state index >= 15 is 0 Å². The Hall–Kier alpha value is -2.18. The summed E-state index contributed by atoms with van der Waals surface area (Å²) in [4.78, 5) is 12.4. The molecule has 20 heavy (non-hydrogen) atoms. The van der Waals surface area contributed by atoms with Gasteiger partial charge in [0.25, 0.3) is 0 Å². The van der Waals surface area contributed by atoms with Crippen LogP contribution in [-0.2, 0) is 0 Å². The molecular formula is C16H11ClFNO. The molecular weight excluding hydrogens is 277 g/mol. The third kappa shape index (κ3) is 2.87. The van der Waals surface area contributed by atoms with Crippen LogP contribution in [0.2, 0.25) is 5.02 Å². The van der Waals surface area contributed by atoms with E-state index in [9.17, 15) is 14.4 Å². The third-order valence-corrected chi connectivity index (χ3v) is 3.31. The van der Waals surface area contributed by atoms with Gasteiger partial charge in [0.15, 0.2) is 5.78 Å². The van der Waals surface area contributed by atoms with Gasteiger partial charge in [-0.3, -0.25) is 4.79 Å². The van der Waals surface area contributed by atoms with Crippen molar-refractivity contribution in [3.05, 3.63) is 70.0 Å². The van der Waals surface area contributed by atoms with Gasteiger partial charge in [-0.1, -0.05) is 29.8 Å². The number of rotatable bonds is 3. The molecule has 0 amide bonds. The predicted molar refractivity (Wildman–Crippen MR) is 75.3 cm³/mol. The second kappa shape index (κ2) is 5.85. The van der Waals surface area contributed by atoms with Crippen molar-refractivity contribution < 1.29 is 9.18 Å².